The molecule has 0 aliphatic rings. The van der Waals surface area contributed by atoms with Gasteiger partial charge in [0, 0.05) is 37.1 Å². The summed E-state index contributed by atoms with van der Waals surface area (Å²) in [5.41, 5.74) is 0.454. The number of benzene rings is 1. The van der Waals surface area contributed by atoms with E-state index in [0.717, 1.165) is 18.4 Å². The molecule has 1 aromatic rings. The van der Waals surface area contributed by atoms with Crippen LogP contribution in [-0.4, -0.2) is 43.8 Å². The van der Waals surface area contributed by atoms with Crippen LogP contribution in [-0.2, 0) is 14.6 Å². The van der Waals surface area contributed by atoms with Crippen molar-refractivity contribution in [3.8, 4) is 0 Å². The van der Waals surface area contributed by atoms with Gasteiger partial charge in [-0.1, -0.05) is 0 Å². The van der Waals surface area contributed by atoms with Gasteiger partial charge in [-0.05, 0) is 38.5 Å². The van der Waals surface area contributed by atoms with Crippen molar-refractivity contribution in [3.05, 3.63) is 41.5 Å². The lowest BCUT2D eigenvalue weighted by Crippen LogP contribution is -2.43. The summed E-state index contributed by atoms with van der Waals surface area (Å²) in [6.07, 6.45) is 2.32. The minimum atomic E-state index is -3.29. The van der Waals surface area contributed by atoms with Crippen LogP contribution in [0.5, 0.6) is 0 Å². The van der Waals surface area contributed by atoms with Crippen molar-refractivity contribution < 1.29 is 22.0 Å². The molecule has 0 aromatic heterocycles. The lowest BCUT2D eigenvalue weighted by Gasteiger charge is -2.28. The number of amides is 1. The molecule has 2 atom stereocenters. The molecule has 0 saturated heterocycles. The third-order valence-electron chi connectivity index (χ3n) is 4.01. The molecule has 0 N–H and O–H groups in total. The number of allylic oxidation sites excluding steroid dienone is 1. The van der Waals surface area contributed by atoms with Gasteiger partial charge in [-0.25, -0.2) is 17.2 Å². The standard InChI is InChI=1S/C16H21F2NO3S/c1-10(14-7-6-13(17)9-15(14)18)8-16(20)19(4)11(2)12(3)23(5,21)22/h6-9,11-12H,1-5H3/b10-8-. The average Bonchev–Trinajstić information content (AvgIpc) is 2.43. The van der Waals surface area contributed by atoms with E-state index in [1.807, 2.05) is 0 Å². The van der Waals surface area contributed by atoms with E-state index in [1.165, 1.54) is 37.9 Å². The molecule has 0 saturated carbocycles. The van der Waals surface area contributed by atoms with Gasteiger partial charge >= 0.3 is 0 Å². The zero-order valence-corrected chi connectivity index (χ0v) is 14.6. The van der Waals surface area contributed by atoms with Crippen LogP contribution in [0.2, 0.25) is 0 Å². The maximum absolute atomic E-state index is 13.7. The van der Waals surface area contributed by atoms with Crippen molar-refractivity contribution in [1.82, 2.24) is 4.90 Å². The molecule has 0 aliphatic heterocycles. The van der Waals surface area contributed by atoms with E-state index in [4.69, 9.17) is 0 Å². The van der Waals surface area contributed by atoms with E-state index in [0.29, 0.717) is 5.57 Å². The Labute approximate surface area is 135 Å². The molecule has 7 heteroatoms. The Morgan fingerprint density at radius 3 is 2.30 bits per heavy atom. The summed E-state index contributed by atoms with van der Waals surface area (Å²) in [7, 11) is -1.80. The van der Waals surface area contributed by atoms with Crippen molar-refractivity contribution in [2.24, 2.45) is 0 Å². The first-order valence-corrected chi connectivity index (χ1v) is 9.00. The summed E-state index contributed by atoms with van der Waals surface area (Å²) in [5.74, 6) is -1.90. The Kier molecular flexibility index (Phi) is 6.04. The molecule has 0 aliphatic carbocycles. The van der Waals surface area contributed by atoms with E-state index in [2.05, 4.69) is 0 Å². The molecule has 0 radical (unpaired) electrons. The van der Waals surface area contributed by atoms with Gasteiger partial charge in [0.1, 0.15) is 11.6 Å². The number of halogens is 2. The fourth-order valence-corrected chi connectivity index (χ4v) is 2.95. The number of hydrogen-bond acceptors (Lipinski definition) is 3. The molecule has 0 spiro atoms. The van der Waals surface area contributed by atoms with Gasteiger partial charge in [0.05, 0.1) is 5.25 Å². The zero-order valence-electron chi connectivity index (χ0n) is 13.8. The van der Waals surface area contributed by atoms with Crippen molar-refractivity contribution in [2.75, 3.05) is 13.3 Å². The molecule has 128 valence electrons. The third kappa shape index (κ3) is 4.86. The number of nitrogens with zero attached hydrogens (tertiary/aromatic N) is 1. The number of rotatable bonds is 5. The second-order valence-corrected chi connectivity index (χ2v) is 8.08. The predicted octanol–water partition coefficient (Wildman–Crippen LogP) is 2.65. The molecule has 2 unspecified atom stereocenters. The molecule has 4 nitrogen and oxygen atoms in total. The summed E-state index contributed by atoms with van der Waals surface area (Å²) in [5, 5.41) is -0.729. The number of likely N-dealkylation sites (N-methyl/N-ethyl adjacent to an activating group) is 1. The average molecular weight is 345 g/mol. The molecule has 1 aromatic carbocycles. The van der Waals surface area contributed by atoms with Crippen LogP contribution in [0.3, 0.4) is 0 Å². The second kappa shape index (κ2) is 7.21. The minimum Gasteiger partial charge on any atom is -0.338 e. The Balaban J connectivity index is 3.00. The van der Waals surface area contributed by atoms with Gasteiger partial charge in [0.15, 0.2) is 9.84 Å². The normalized spacial score (nSPS) is 15.2. The molecular weight excluding hydrogens is 324 g/mol. The fraction of sp³-hybridized carbons (Fsp3) is 0.438. The fourth-order valence-electron chi connectivity index (χ4n) is 2.05. The molecule has 1 rings (SSSR count). The number of carbonyl (C=O) groups excluding carboxylic acids is 1. The van der Waals surface area contributed by atoms with E-state index in [9.17, 15) is 22.0 Å². The summed E-state index contributed by atoms with van der Waals surface area (Å²) in [6.45, 7) is 4.69. The highest BCUT2D eigenvalue weighted by molar-refractivity contribution is 7.91. The van der Waals surface area contributed by atoms with Crippen LogP contribution in [0.1, 0.15) is 26.3 Å². The van der Waals surface area contributed by atoms with Gasteiger partial charge in [-0.2, -0.15) is 0 Å². The van der Waals surface area contributed by atoms with Crippen LogP contribution in [0.4, 0.5) is 8.78 Å². The largest absolute Gasteiger partial charge is 0.338 e. The highest BCUT2D eigenvalue weighted by Gasteiger charge is 2.27. The summed E-state index contributed by atoms with van der Waals surface area (Å²) in [4.78, 5) is 13.5. The molecule has 1 amide bonds. The maximum atomic E-state index is 13.7. The quantitative estimate of drug-likeness (QED) is 0.771. The van der Waals surface area contributed by atoms with E-state index < -0.39 is 38.7 Å². The van der Waals surface area contributed by atoms with Gasteiger partial charge < -0.3 is 4.90 Å². The zero-order chi connectivity index (χ0) is 17.9. The van der Waals surface area contributed by atoms with E-state index >= 15 is 0 Å². The van der Waals surface area contributed by atoms with E-state index in [1.54, 1.807) is 6.92 Å². The first kappa shape index (κ1) is 19.3. The Morgan fingerprint density at radius 2 is 1.83 bits per heavy atom. The number of carbonyl (C=O) groups is 1. The SMILES string of the molecule is C/C(=C/C(=O)N(C)C(C)C(C)S(C)(=O)=O)c1ccc(F)cc1F. The van der Waals surface area contributed by atoms with Crippen molar-refractivity contribution in [3.63, 3.8) is 0 Å². The molecule has 0 heterocycles. The van der Waals surface area contributed by atoms with E-state index in [-0.39, 0.29) is 5.56 Å². The molecule has 0 fully saturated rings. The Morgan fingerprint density at radius 1 is 1.26 bits per heavy atom. The van der Waals surface area contributed by atoms with Gasteiger partial charge in [-0.3, -0.25) is 4.79 Å². The van der Waals surface area contributed by atoms with Crippen LogP contribution in [0.15, 0.2) is 24.3 Å². The minimum absolute atomic E-state index is 0.122. The highest BCUT2D eigenvalue weighted by atomic mass is 32.2. The smallest absolute Gasteiger partial charge is 0.246 e. The molecule has 23 heavy (non-hydrogen) atoms. The van der Waals surface area contributed by atoms with Gasteiger partial charge in [-0.15, -0.1) is 0 Å². The predicted molar refractivity (Wildman–Crippen MR) is 86.5 cm³/mol. The first-order chi connectivity index (χ1) is 10.4. The summed E-state index contributed by atoms with van der Waals surface area (Å²) < 4.78 is 49.8. The van der Waals surface area contributed by atoms with Crippen LogP contribution in [0.25, 0.3) is 5.57 Å². The topological polar surface area (TPSA) is 54.5 Å². The summed E-state index contributed by atoms with van der Waals surface area (Å²) >= 11 is 0. The Bertz CT molecular complexity index is 729. The maximum Gasteiger partial charge on any atom is 0.246 e. The van der Waals surface area contributed by atoms with Crippen molar-refractivity contribution in [2.45, 2.75) is 32.1 Å². The highest BCUT2D eigenvalue weighted by Crippen LogP contribution is 2.19. The lowest BCUT2D eigenvalue weighted by molar-refractivity contribution is -0.126. The van der Waals surface area contributed by atoms with Gasteiger partial charge in [0.25, 0.3) is 0 Å². The van der Waals surface area contributed by atoms with Crippen LogP contribution in [0, 0.1) is 11.6 Å². The monoisotopic (exact) mass is 345 g/mol. The number of hydrogen-bond donors (Lipinski definition) is 0. The second-order valence-electron chi connectivity index (χ2n) is 5.68. The van der Waals surface area contributed by atoms with Gasteiger partial charge in [0.2, 0.25) is 5.91 Å². The lowest BCUT2D eigenvalue weighted by atomic mass is 10.1. The molecular formula is C16H21F2NO3S. The van der Waals surface area contributed by atoms with Crippen molar-refractivity contribution in [1.29, 1.82) is 0 Å². The van der Waals surface area contributed by atoms with Crippen LogP contribution < -0.4 is 0 Å². The Hall–Kier alpha value is -1.76. The summed E-state index contributed by atoms with van der Waals surface area (Å²) in [6, 6.07) is 2.57. The first-order valence-electron chi connectivity index (χ1n) is 7.04. The van der Waals surface area contributed by atoms with Crippen LogP contribution >= 0.6 is 0 Å². The number of sulfone groups is 1. The van der Waals surface area contributed by atoms with Crippen molar-refractivity contribution >= 4 is 21.3 Å². The molecule has 0 bridgehead atoms. The third-order valence-corrected chi connectivity index (χ3v) is 5.75.